The van der Waals surface area contributed by atoms with Gasteiger partial charge in [0.25, 0.3) is 5.69 Å². The maximum atomic E-state index is 12.5. The molecule has 0 spiro atoms. The molecule has 140 valence electrons. The molecule has 0 atom stereocenters. The zero-order valence-corrected chi connectivity index (χ0v) is 13.9. The minimum Gasteiger partial charge on any atom is -0.508 e. The van der Waals surface area contributed by atoms with Gasteiger partial charge in [0, 0.05) is 23.1 Å². The molecule has 0 saturated carbocycles. The molecule has 7 nitrogen and oxygen atoms in total. The van der Waals surface area contributed by atoms with E-state index < -0.39 is 23.0 Å². The molecule has 1 aliphatic rings. The number of alkyl halides is 2. The minimum atomic E-state index is -3.18. The highest BCUT2D eigenvalue weighted by molar-refractivity contribution is 6.16. The predicted molar refractivity (Wildman–Crippen MR) is 90.4 cm³/mol. The Hall–Kier alpha value is -3.49. The molecule has 0 aromatic heterocycles. The van der Waals surface area contributed by atoms with Crippen molar-refractivity contribution in [3.8, 4) is 17.2 Å². The molecule has 2 aromatic rings. The summed E-state index contributed by atoms with van der Waals surface area (Å²) in [5, 5.41) is 21.2. The quantitative estimate of drug-likeness (QED) is 0.484. The van der Waals surface area contributed by atoms with Gasteiger partial charge in [0.15, 0.2) is 17.3 Å². The number of ketones is 1. The van der Waals surface area contributed by atoms with E-state index in [9.17, 15) is 28.8 Å². The Bertz CT molecular complexity index is 971. The summed E-state index contributed by atoms with van der Waals surface area (Å²) in [5.74, 6) is -1.04. The molecule has 0 bridgehead atoms. The van der Waals surface area contributed by atoms with Crippen LogP contribution < -0.4 is 9.47 Å². The molecular formula is C18H13F2NO6. The fourth-order valence-electron chi connectivity index (χ4n) is 2.91. The molecule has 0 fully saturated rings. The van der Waals surface area contributed by atoms with Crippen molar-refractivity contribution < 1.29 is 33.1 Å². The summed E-state index contributed by atoms with van der Waals surface area (Å²) in [4.78, 5) is 23.1. The zero-order valence-electron chi connectivity index (χ0n) is 13.9. The minimum absolute atomic E-state index is 0.00545. The number of carbonyl (C=O) groups is 1. The Labute approximate surface area is 151 Å². The maximum Gasteiger partial charge on any atom is 0.387 e. The number of Topliss-reactive ketones (excluding diaryl/α,β-unsaturated/α-hetero) is 1. The molecular weight excluding hydrogens is 364 g/mol. The maximum absolute atomic E-state index is 12.5. The lowest BCUT2D eigenvalue weighted by molar-refractivity contribution is -0.385. The number of phenolic OH excluding ortho intramolecular Hbond substituents is 1. The van der Waals surface area contributed by atoms with Crippen LogP contribution in [0.4, 0.5) is 14.5 Å². The number of methoxy groups -OCH3 is 1. The molecule has 1 aliphatic carbocycles. The van der Waals surface area contributed by atoms with Crippen LogP contribution in [-0.2, 0) is 6.42 Å². The average molecular weight is 377 g/mol. The van der Waals surface area contributed by atoms with E-state index in [1.54, 1.807) is 6.07 Å². The SMILES string of the molecule is COc1cc(/C=C2\Cc3c(O)cccc3C2=O)c([N+](=O)[O-])cc1OC(F)F. The lowest BCUT2D eigenvalue weighted by Gasteiger charge is -2.11. The van der Waals surface area contributed by atoms with Crippen molar-refractivity contribution in [2.24, 2.45) is 0 Å². The third kappa shape index (κ3) is 3.43. The largest absolute Gasteiger partial charge is 0.508 e. The number of nitrogens with zero attached hydrogens (tertiary/aromatic N) is 1. The van der Waals surface area contributed by atoms with Crippen molar-refractivity contribution in [3.63, 3.8) is 0 Å². The number of allylic oxidation sites excluding steroid dienone is 1. The van der Waals surface area contributed by atoms with Crippen LogP contribution in [0.15, 0.2) is 35.9 Å². The van der Waals surface area contributed by atoms with Gasteiger partial charge in [0.05, 0.1) is 23.7 Å². The smallest absolute Gasteiger partial charge is 0.387 e. The number of hydrogen-bond donors (Lipinski definition) is 1. The number of rotatable bonds is 5. The second kappa shape index (κ2) is 7.02. The first kappa shape index (κ1) is 18.3. The van der Waals surface area contributed by atoms with E-state index in [1.807, 2.05) is 0 Å². The van der Waals surface area contributed by atoms with Gasteiger partial charge in [-0.05, 0) is 18.2 Å². The third-order valence-corrected chi connectivity index (χ3v) is 4.11. The van der Waals surface area contributed by atoms with Crippen LogP contribution in [0.5, 0.6) is 17.2 Å². The second-order valence-corrected chi connectivity index (χ2v) is 5.68. The summed E-state index contributed by atoms with van der Waals surface area (Å²) in [5.41, 5.74) is 0.440. The van der Waals surface area contributed by atoms with E-state index in [2.05, 4.69) is 4.74 Å². The van der Waals surface area contributed by atoms with Gasteiger partial charge in [0.1, 0.15) is 5.75 Å². The monoisotopic (exact) mass is 377 g/mol. The summed E-state index contributed by atoms with van der Waals surface area (Å²) in [6.07, 6.45) is 1.38. The Morgan fingerprint density at radius 2 is 2.04 bits per heavy atom. The van der Waals surface area contributed by atoms with E-state index in [0.29, 0.717) is 11.1 Å². The summed E-state index contributed by atoms with van der Waals surface area (Å²) >= 11 is 0. The number of halogens is 2. The summed E-state index contributed by atoms with van der Waals surface area (Å²) in [7, 11) is 1.20. The molecule has 1 N–H and O–H groups in total. The molecule has 0 aliphatic heterocycles. The molecule has 27 heavy (non-hydrogen) atoms. The normalized spacial score (nSPS) is 14.5. The second-order valence-electron chi connectivity index (χ2n) is 5.68. The van der Waals surface area contributed by atoms with Crippen LogP contribution in [0.25, 0.3) is 6.08 Å². The number of nitro benzene ring substituents is 1. The van der Waals surface area contributed by atoms with Crippen LogP contribution in [0.2, 0.25) is 0 Å². The van der Waals surface area contributed by atoms with Gasteiger partial charge in [0.2, 0.25) is 0 Å². The Kier molecular flexibility index (Phi) is 4.76. The molecule has 0 saturated heterocycles. The Morgan fingerprint density at radius 1 is 1.30 bits per heavy atom. The number of carbonyl (C=O) groups excluding carboxylic acids is 1. The molecule has 2 aromatic carbocycles. The van der Waals surface area contributed by atoms with Crippen molar-refractivity contribution in [2.45, 2.75) is 13.0 Å². The lowest BCUT2D eigenvalue weighted by atomic mass is 10.1. The number of nitro groups is 1. The summed E-state index contributed by atoms with van der Waals surface area (Å²) < 4.78 is 34.2. The van der Waals surface area contributed by atoms with Gasteiger partial charge in [-0.25, -0.2) is 0 Å². The van der Waals surface area contributed by atoms with Crippen LogP contribution >= 0.6 is 0 Å². The number of aromatic hydroxyl groups is 1. The third-order valence-electron chi connectivity index (χ3n) is 4.11. The number of ether oxygens (including phenoxy) is 2. The number of benzene rings is 2. The van der Waals surface area contributed by atoms with Crippen LogP contribution in [0, 0.1) is 10.1 Å². The van der Waals surface area contributed by atoms with Gasteiger partial charge in [-0.3, -0.25) is 14.9 Å². The summed E-state index contributed by atoms with van der Waals surface area (Å²) in [6, 6.07) is 6.49. The molecule has 0 radical (unpaired) electrons. The zero-order chi connectivity index (χ0) is 19.7. The average Bonchev–Trinajstić information content (AvgIpc) is 2.93. The van der Waals surface area contributed by atoms with Crippen LogP contribution in [0.1, 0.15) is 21.5 Å². The first-order valence-corrected chi connectivity index (χ1v) is 7.69. The first-order valence-electron chi connectivity index (χ1n) is 7.69. The van der Waals surface area contributed by atoms with Gasteiger partial charge >= 0.3 is 6.61 Å². The predicted octanol–water partition coefficient (Wildman–Crippen LogP) is 3.73. The van der Waals surface area contributed by atoms with Crippen LogP contribution in [0.3, 0.4) is 0 Å². The molecule has 0 amide bonds. The van der Waals surface area contributed by atoms with Gasteiger partial charge in [-0.15, -0.1) is 0 Å². The van der Waals surface area contributed by atoms with E-state index in [1.165, 1.54) is 25.3 Å². The molecule has 0 heterocycles. The fourth-order valence-corrected chi connectivity index (χ4v) is 2.91. The van der Waals surface area contributed by atoms with Gasteiger partial charge in [-0.1, -0.05) is 12.1 Å². The van der Waals surface area contributed by atoms with Crippen LogP contribution in [-0.4, -0.2) is 29.5 Å². The Balaban J connectivity index is 2.09. The van der Waals surface area contributed by atoms with E-state index in [-0.39, 0.29) is 34.8 Å². The number of hydrogen-bond acceptors (Lipinski definition) is 6. The van der Waals surface area contributed by atoms with Crippen molar-refractivity contribution >= 4 is 17.5 Å². The molecule has 9 heteroatoms. The highest BCUT2D eigenvalue weighted by Gasteiger charge is 2.28. The van der Waals surface area contributed by atoms with E-state index in [0.717, 1.165) is 12.1 Å². The first-order chi connectivity index (χ1) is 12.8. The molecule has 3 rings (SSSR count). The highest BCUT2D eigenvalue weighted by Crippen LogP contribution is 2.39. The van der Waals surface area contributed by atoms with Crippen molar-refractivity contribution in [1.29, 1.82) is 0 Å². The van der Waals surface area contributed by atoms with Crippen molar-refractivity contribution in [2.75, 3.05) is 7.11 Å². The molecule has 0 unspecified atom stereocenters. The van der Waals surface area contributed by atoms with Crippen molar-refractivity contribution in [1.82, 2.24) is 0 Å². The van der Waals surface area contributed by atoms with E-state index >= 15 is 0 Å². The number of phenols is 1. The summed E-state index contributed by atoms with van der Waals surface area (Å²) in [6.45, 7) is -3.18. The highest BCUT2D eigenvalue weighted by atomic mass is 19.3. The Morgan fingerprint density at radius 3 is 2.63 bits per heavy atom. The standard InChI is InChI=1S/C18H13F2NO6/c1-26-15-7-9(13(21(24)25)8-16(15)27-18(19)20)5-10-6-12-11(17(10)23)3-2-4-14(12)22/h2-5,7-8,18,22H,6H2,1H3/b10-5+. The van der Waals surface area contributed by atoms with Gasteiger partial charge < -0.3 is 14.6 Å². The lowest BCUT2D eigenvalue weighted by Crippen LogP contribution is -2.05. The number of fused-ring (bicyclic) bond motifs is 1. The fraction of sp³-hybridized carbons (Fsp3) is 0.167. The van der Waals surface area contributed by atoms with Gasteiger partial charge in [-0.2, -0.15) is 8.78 Å². The van der Waals surface area contributed by atoms with Crippen molar-refractivity contribution in [3.05, 3.63) is 62.7 Å². The topological polar surface area (TPSA) is 98.9 Å². The van der Waals surface area contributed by atoms with E-state index in [4.69, 9.17) is 4.74 Å².